The number of aryl methyl sites for hydroxylation is 1. The fourth-order valence-corrected chi connectivity index (χ4v) is 4.33. The molecule has 2 aromatic rings. The Bertz CT molecular complexity index is 1020. The first-order chi connectivity index (χ1) is 15.1. The Hall–Kier alpha value is -3.22. The van der Waals surface area contributed by atoms with Crippen LogP contribution >= 0.6 is 0 Å². The molecule has 1 unspecified atom stereocenters. The Morgan fingerprint density at radius 3 is 2.31 bits per heavy atom. The number of rotatable bonds is 6. The van der Waals surface area contributed by atoms with Gasteiger partial charge in [0.25, 0.3) is 5.69 Å². The van der Waals surface area contributed by atoms with Gasteiger partial charge in [0, 0.05) is 29.5 Å². The highest BCUT2D eigenvalue weighted by Gasteiger charge is 2.30. The maximum absolute atomic E-state index is 13.2. The van der Waals surface area contributed by atoms with Crippen molar-refractivity contribution in [1.29, 1.82) is 0 Å². The number of nitrogens with zero attached hydrogens (tertiary/aromatic N) is 2. The molecule has 1 N–H and O–H groups in total. The predicted octanol–water partition coefficient (Wildman–Crippen LogP) is 5.54. The summed E-state index contributed by atoms with van der Waals surface area (Å²) < 4.78 is 0. The monoisotopic (exact) mass is 437 g/mol. The van der Waals surface area contributed by atoms with Crippen molar-refractivity contribution >= 4 is 28.9 Å². The van der Waals surface area contributed by atoms with Crippen LogP contribution in [-0.2, 0) is 16.0 Å². The molecule has 0 saturated carbocycles. The summed E-state index contributed by atoms with van der Waals surface area (Å²) in [6.07, 6.45) is 1.06. The van der Waals surface area contributed by atoms with Gasteiger partial charge in [0.1, 0.15) is 6.42 Å². The van der Waals surface area contributed by atoms with Crippen LogP contribution in [0.15, 0.2) is 36.4 Å². The zero-order valence-corrected chi connectivity index (χ0v) is 19.3. The summed E-state index contributed by atoms with van der Waals surface area (Å²) in [4.78, 5) is 38.4. The molecule has 3 rings (SSSR count). The molecule has 170 valence electrons. The summed E-state index contributed by atoms with van der Waals surface area (Å²) in [6, 6.07) is 10.5. The molecule has 1 aliphatic rings. The number of fused-ring (bicyclic) bond motifs is 1. The molecule has 0 saturated heterocycles. The van der Waals surface area contributed by atoms with E-state index in [4.69, 9.17) is 0 Å². The number of carbonyl (C=O) groups is 2. The maximum Gasteiger partial charge on any atom is 0.269 e. The highest BCUT2D eigenvalue weighted by atomic mass is 16.6. The number of hydrogen-bond donors (Lipinski definition) is 1. The van der Waals surface area contributed by atoms with E-state index >= 15 is 0 Å². The molecule has 1 heterocycles. The van der Waals surface area contributed by atoms with E-state index in [1.54, 1.807) is 11.0 Å². The van der Waals surface area contributed by atoms with Gasteiger partial charge in [-0.05, 0) is 54.4 Å². The molecule has 0 bridgehead atoms. The zero-order valence-electron chi connectivity index (χ0n) is 19.3. The van der Waals surface area contributed by atoms with E-state index in [2.05, 4.69) is 33.0 Å². The van der Waals surface area contributed by atoms with E-state index in [0.717, 1.165) is 22.4 Å². The van der Waals surface area contributed by atoms with Crippen molar-refractivity contribution in [3.63, 3.8) is 0 Å². The average Bonchev–Trinajstić information content (AvgIpc) is 2.72. The van der Waals surface area contributed by atoms with Crippen LogP contribution in [-0.4, -0.2) is 22.8 Å². The Balaban J connectivity index is 1.83. The van der Waals surface area contributed by atoms with Crippen molar-refractivity contribution in [3.8, 4) is 0 Å². The Morgan fingerprint density at radius 2 is 1.75 bits per heavy atom. The van der Waals surface area contributed by atoms with Crippen LogP contribution in [0.25, 0.3) is 0 Å². The van der Waals surface area contributed by atoms with Gasteiger partial charge < -0.3 is 10.2 Å². The average molecular weight is 438 g/mol. The van der Waals surface area contributed by atoms with E-state index in [-0.39, 0.29) is 41.8 Å². The molecule has 0 aliphatic carbocycles. The third-order valence-electron chi connectivity index (χ3n) is 6.02. The molecule has 32 heavy (non-hydrogen) atoms. The third-order valence-corrected chi connectivity index (χ3v) is 6.02. The van der Waals surface area contributed by atoms with E-state index < -0.39 is 4.92 Å². The Kier molecular flexibility index (Phi) is 6.96. The number of anilines is 2. The van der Waals surface area contributed by atoms with E-state index in [0.29, 0.717) is 18.5 Å². The molecule has 7 nitrogen and oxygen atoms in total. The molecular weight excluding hydrogens is 406 g/mol. The fraction of sp³-hybridized carbons (Fsp3) is 0.440. The summed E-state index contributed by atoms with van der Waals surface area (Å²) >= 11 is 0. The van der Waals surface area contributed by atoms with Gasteiger partial charge in [-0.25, -0.2) is 0 Å². The number of carbonyl (C=O) groups excluding carboxylic acids is 2. The van der Waals surface area contributed by atoms with Crippen LogP contribution in [0.1, 0.15) is 76.0 Å². The number of para-hydroxylation sites is 1. The number of amides is 2. The number of non-ortho nitro benzene ring substituents is 1. The first kappa shape index (κ1) is 23.4. The van der Waals surface area contributed by atoms with Crippen molar-refractivity contribution < 1.29 is 14.5 Å². The second-order valence-corrected chi connectivity index (χ2v) is 9.07. The first-order valence-electron chi connectivity index (χ1n) is 11.1. The molecule has 1 aliphatic heterocycles. The summed E-state index contributed by atoms with van der Waals surface area (Å²) in [5.74, 6) is -0.210. The summed E-state index contributed by atoms with van der Waals surface area (Å²) in [7, 11) is 0. The number of nitro benzene ring substituents is 1. The standard InChI is InChI=1S/C25H31N3O4/c1-15(2)20-7-6-8-21(16(3)4)25(20)26-23(29)14-24(30)27-17(5)9-10-18-13-19(28(31)32)11-12-22(18)27/h6-8,11-13,15-17H,9-10,14H2,1-5H3,(H,26,29). The minimum absolute atomic E-state index is 0.00922. The van der Waals surface area contributed by atoms with Gasteiger partial charge in [0.05, 0.1) is 4.92 Å². The van der Waals surface area contributed by atoms with Gasteiger partial charge in [-0.15, -0.1) is 0 Å². The highest BCUT2D eigenvalue weighted by Crippen LogP contribution is 2.35. The van der Waals surface area contributed by atoms with E-state index in [1.807, 2.05) is 25.1 Å². The lowest BCUT2D eigenvalue weighted by atomic mass is 9.92. The highest BCUT2D eigenvalue weighted by molar-refractivity contribution is 6.10. The number of nitro groups is 1. The molecular formula is C25H31N3O4. The summed E-state index contributed by atoms with van der Waals surface area (Å²) in [6.45, 7) is 10.2. The van der Waals surface area contributed by atoms with Crippen LogP contribution in [0, 0.1) is 10.1 Å². The second-order valence-electron chi connectivity index (χ2n) is 9.07. The third kappa shape index (κ3) is 4.82. The predicted molar refractivity (Wildman–Crippen MR) is 126 cm³/mol. The molecule has 2 aromatic carbocycles. The second kappa shape index (κ2) is 9.51. The smallest absolute Gasteiger partial charge is 0.269 e. The molecule has 2 amide bonds. The van der Waals surface area contributed by atoms with Gasteiger partial charge in [0.15, 0.2) is 0 Å². The molecule has 0 radical (unpaired) electrons. The van der Waals surface area contributed by atoms with Crippen molar-refractivity contribution in [2.75, 3.05) is 10.2 Å². The minimum Gasteiger partial charge on any atom is -0.325 e. The van der Waals surface area contributed by atoms with Crippen LogP contribution in [0.2, 0.25) is 0 Å². The van der Waals surface area contributed by atoms with Gasteiger partial charge in [-0.1, -0.05) is 45.9 Å². The maximum atomic E-state index is 13.2. The van der Waals surface area contributed by atoms with Crippen molar-refractivity contribution in [3.05, 3.63) is 63.2 Å². The van der Waals surface area contributed by atoms with Crippen LogP contribution in [0.4, 0.5) is 17.1 Å². The van der Waals surface area contributed by atoms with E-state index in [1.165, 1.54) is 12.1 Å². The molecule has 7 heteroatoms. The molecule has 1 atom stereocenters. The Labute approximate surface area is 189 Å². The van der Waals surface area contributed by atoms with Gasteiger partial charge >= 0.3 is 0 Å². The van der Waals surface area contributed by atoms with Crippen LogP contribution < -0.4 is 10.2 Å². The zero-order chi connectivity index (χ0) is 23.6. The van der Waals surface area contributed by atoms with Crippen molar-refractivity contribution in [2.24, 2.45) is 0 Å². The number of hydrogen-bond acceptors (Lipinski definition) is 4. The lowest BCUT2D eigenvalue weighted by Crippen LogP contribution is -2.43. The molecule has 0 aromatic heterocycles. The quantitative estimate of drug-likeness (QED) is 0.365. The largest absolute Gasteiger partial charge is 0.325 e. The lowest BCUT2D eigenvalue weighted by Gasteiger charge is -2.35. The van der Waals surface area contributed by atoms with Crippen molar-refractivity contribution in [2.45, 2.75) is 71.8 Å². The Morgan fingerprint density at radius 1 is 1.12 bits per heavy atom. The number of benzene rings is 2. The minimum atomic E-state index is -0.434. The molecule has 0 fully saturated rings. The van der Waals surface area contributed by atoms with Crippen LogP contribution in [0.5, 0.6) is 0 Å². The van der Waals surface area contributed by atoms with Crippen LogP contribution in [0.3, 0.4) is 0 Å². The SMILES string of the molecule is CC(C)c1cccc(C(C)C)c1NC(=O)CC(=O)N1c2ccc([N+](=O)[O-])cc2CCC1C. The summed E-state index contributed by atoms with van der Waals surface area (Å²) in [5.41, 5.74) is 4.30. The van der Waals surface area contributed by atoms with Gasteiger partial charge in [0.2, 0.25) is 11.8 Å². The van der Waals surface area contributed by atoms with E-state index in [9.17, 15) is 19.7 Å². The summed E-state index contributed by atoms with van der Waals surface area (Å²) in [5, 5.41) is 14.1. The van der Waals surface area contributed by atoms with Gasteiger partial charge in [-0.2, -0.15) is 0 Å². The normalized spacial score (nSPS) is 15.6. The van der Waals surface area contributed by atoms with Crippen molar-refractivity contribution in [1.82, 2.24) is 0 Å². The topological polar surface area (TPSA) is 92.6 Å². The fourth-order valence-electron chi connectivity index (χ4n) is 4.33. The first-order valence-corrected chi connectivity index (χ1v) is 11.1. The van der Waals surface area contributed by atoms with Gasteiger partial charge in [-0.3, -0.25) is 19.7 Å². The number of nitrogens with one attached hydrogen (secondary N) is 1. The molecule has 0 spiro atoms. The lowest BCUT2D eigenvalue weighted by molar-refractivity contribution is -0.384.